The Kier molecular flexibility index (Phi) is 4.96. The molecule has 1 aromatic heterocycles. The van der Waals surface area contributed by atoms with Gasteiger partial charge in [-0.1, -0.05) is 12.1 Å². The van der Waals surface area contributed by atoms with Gasteiger partial charge in [-0.25, -0.2) is 0 Å². The van der Waals surface area contributed by atoms with Gasteiger partial charge in [-0.3, -0.25) is 4.90 Å². The van der Waals surface area contributed by atoms with Crippen LogP contribution in [0.25, 0.3) is 10.9 Å². The van der Waals surface area contributed by atoms with E-state index in [4.69, 9.17) is 18.9 Å². The lowest BCUT2D eigenvalue weighted by atomic mass is 10.1. The Labute approximate surface area is 191 Å². The summed E-state index contributed by atoms with van der Waals surface area (Å²) in [5.74, 6) is 3.45. The number of benzene rings is 3. The van der Waals surface area contributed by atoms with Crippen molar-refractivity contribution in [1.29, 1.82) is 0 Å². The molecule has 168 valence electrons. The Morgan fingerprint density at radius 3 is 2.06 bits per heavy atom. The summed E-state index contributed by atoms with van der Waals surface area (Å²) in [6.45, 7) is 2.91. The smallest absolute Gasteiger partial charge is 0.231 e. The quantitative estimate of drug-likeness (QED) is 0.435. The largest absolute Gasteiger partial charge is 0.508 e. The zero-order valence-electron chi connectivity index (χ0n) is 18.0. The Morgan fingerprint density at radius 2 is 1.39 bits per heavy atom. The van der Waals surface area contributed by atoms with Crippen LogP contribution in [0.5, 0.6) is 28.7 Å². The summed E-state index contributed by atoms with van der Waals surface area (Å²) in [4.78, 5) is 5.70. The number of hydrogen-bond acceptors (Lipinski definition) is 6. The average Bonchev–Trinajstić information content (AvgIpc) is 3.56. The van der Waals surface area contributed by atoms with Crippen molar-refractivity contribution in [2.75, 3.05) is 20.1 Å². The van der Waals surface area contributed by atoms with E-state index in [0.717, 1.165) is 71.1 Å². The van der Waals surface area contributed by atoms with Gasteiger partial charge in [0, 0.05) is 36.7 Å². The molecule has 0 atom stereocenters. The zero-order valence-corrected chi connectivity index (χ0v) is 18.0. The lowest BCUT2D eigenvalue weighted by molar-refractivity contribution is 0.173. The second-order valence-electron chi connectivity index (χ2n) is 8.38. The molecule has 2 aliphatic rings. The first-order valence-corrected chi connectivity index (χ1v) is 11.0. The fraction of sp³-hybridized carbons (Fsp3) is 0.231. The van der Waals surface area contributed by atoms with Crippen molar-refractivity contribution >= 4 is 10.9 Å². The second-order valence-corrected chi connectivity index (χ2v) is 8.38. The normalized spacial score (nSPS) is 13.8. The first-order chi connectivity index (χ1) is 16.2. The fourth-order valence-corrected chi connectivity index (χ4v) is 4.46. The van der Waals surface area contributed by atoms with E-state index < -0.39 is 0 Å². The van der Waals surface area contributed by atoms with Gasteiger partial charge in [0.1, 0.15) is 5.75 Å². The highest BCUT2D eigenvalue weighted by atomic mass is 16.7. The average molecular weight is 444 g/mol. The number of phenols is 1. The Hall–Kier alpha value is -3.84. The van der Waals surface area contributed by atoms with Crippen LogP contribution in [0.4, 0.5) is 0 Å². The van der Waals surface area contributed by atoms with Crippen molar-refractivity contribution in [1.82, 2.24) is 9.88 Å². The van der Waals surface area contributed by atoms with Gasteiger partial charge in [0.05, 0.1) is 0 Å². The van der Waals surface area contributed by atoms with E-state index in [9.17, 15) is 5.11 Å². The number of nitrogens with zero attached hydrogens (tertiary/aromatic N) is 1. The topological polar surface area (TPSA) is 76.2 Å². The third-order valence-corrected chi connectivity index (χ3v) is 6.13. The number of H-pyrrole nitrogens is 1. The highest BCUT2D eigenvalue weighted by Crippen LogP contribution is 2.34. The molecular weight excluding hydrogens is 420 g/mol. The predicted molar refractivity (Wildman–Crippen MR) is 123 cm³/mol. The molecule has 0 radical (unpaired) electrons. The number of nitrogens with one attached hydrogen (secondary N) is 1. The molecular formula is C26H24N2O5. The van der Waals surface area contributed by atoms with Gasteiger partial charge >= 0.3 is 0 Å². The van der Waals surface area contributed by atoms with Gasteiger partial charge in [-0.05, 0) is 65.6 Å². The molecule has 7 nitrogen and oxygen atoms in total. The van der Waals surface area contributed by atoms with Crippen molar-refractivity contribution < 1.29 is 24.1 Å². The Morgan fingerprint density at radius 1 is 0.758 bits per heavy atom. The molecule has 33 heavy (non-hydrogen) atoms. The number of hydrogen-bond donors (Lipinski definition) is 2. The number of ether oxygens (including phenoxy) is 4. The van der Waals surface area contributed by atoms with Crippen LogP contribution in [0, 0.1) is 0 Å². The predicted octanol–water partition coefficient (Wildman–Crippen LogP) is 4.58. The maximum absolute atomic E-state index is 9.93. The van der Waals surface area contributed by atoms with Crippen LogP contribution in [-0.4, -0.2) is 35.1 Å². The minimum atomic E-state index is 0.271. The molecule has 2 aliphatic heterocycles. The van der Waals surface area contributed by atoms with Crippen molar-refractivity contribution in [2.24, 2.45) is 0 Å². The van der Waals surface area contributed by atoms with Crippen LogP contribution in [-0.2, 0) is 19.5 Å². The monoisotopic (exact) mass is 444 g/mol. The number of aromatic amines is 1. The molecule has 0 saturated carbocycles. The molecule has 0 unspecified atom stereocenters. The van der Waals surface area contributed by atoms with Crippen molar-refractivity contribution in [3.63, 3.8) is 0 Å². The molecule has 0 amide bonds. The lowest BCUT2D eigenvalue weighted by Gasteiger charge is -2.23. The highest BCUT2D eigenvalue weighted by molar-refractivity contribution is 5.84. The van der Waals surface area contributed by atoms with E-state index in [0.29, 0.717) is 0 Å². The summed E-state index contributed by atoms with van der Waals surface area (Å²) in [7, 11) is 0. The standard InChI is InChI=1S/C26H24N2O5/c29-20-3-4-22-21(11-20)19(12-27-22)7-8-28(13-17-1-5-23-25(9-17)32-15-30-23)14-18-2-6-24-26(10-18)33-16-31-24/h1-6,9-12,27,29H,7-8,13-16H2. The summed E-state index contributed by atoms with van der Waals surface area (Å²) in [6, 6.07) is 17.7. The first-order valence-electron chi connectivity index (χ1n) is 11.0. The maximum Gasteiger partial charge on any atom is 0.231 e. The zero-order chi connectivity index (χ0) is 22.2. The fourth-order valence-electron chi connectivity index (χ4n) is 4.46. The maximum atomic E-state index is 9.93. The Bertz CT molecular complexity index is 1260. The van der Waals surface area contributed by atoms with E-state index in [-0.39, 0.29) is 19.3 Å². The van der Waals surface area contributed by atoms with E-state index in [2.05, 4.69) is 34.1 Å². The first kappa shape index (κ1) is 19.8. The third kappa shape index (κ3) is 4.03. The van der Waals surface area contributed by atoms with Gasteiger partial charge in [-0.2, -0.15) is 0 Å². The molecule has 0 fully saturated rings. The van der Waals surface area contributed by atoms with E-state index in [1.807, 2.05) is 30.5 Å². The number of aromatic nitrogens is 1. The minimum absolute atomic E-state index is 0.271. The Balaban J connectivity index is 1.24. The molecule has 3 heterocycles. The van der Waals surface area contributed by atoms with Crippen LogP contribution in [0.2, 0.25) is 0 Å². The number of rotatable bonds is 7. The summed E-state index contributed by atoms with van der Waals surface area (Å²) in [6.07, 6.45) is 2.88. The van der Waals surface area contributed by atoms with E-state index in [1.165, 1.54) is 5.56 Å². The van der Waals surface area contributed by atoms with Gasteiger partial charge in [-0.15, -0.1) is 0 Å². The van der Waals surface area contributed by atoms with Crippen LogP contribution in [0.15, 0.2) is 60.8 Å². The van der Waals surface area contributed by atoms with Crippen molar-refractivity contribution in [3.8, 4) is 28.7 Å². The summed E-state index contributed by atoms with van der Waals surface area (Å²) >= 11 is 0. The SMILES string of the molecule is Oc1ccc2[nH]cc(CCN(Cc3ccc4c(c3)OCO4)Cc3ccc4c(c3)OCO4)c2c1. The molecule has 0 spiro atoms. The van der Waals surface area contributed by atoms with Crippen LogP contribution in [0.1, 0.15) is 16.7 Å². The molecule has 4 aromatic rings. The number of aromatic hydroxyl groups is 1. The van der Waals surface area contributed by atoms with Gasteiger partial charge in [0.15, 0.2) is 23.0 Å². The number of fused-ring (bicyclic) bond motifs is 3. The van der Waals surface area contributed by atoms with E-state index >= 15 is 0 Å². The minimum Gasteiger partial charge on any atom is -0.508 e. The molecule has 0 bridgehead atoms. The van der Waals surface area contributed by atoms with Gasteiger partial charge < -0.3 is 29.0 Å². The van der Waals surface area contributed by atoms with Crippen LogP contribution < -0.4 is 18.9 Å². The second kappa shape index (κ2) is 8.26. The lowest BCUT2D eigenvalue weighted by Crippen LogP contribution is -2.25. The van der Waals surface area contributed by atoms with Crippen molar-refractivity contribution in [3.05, 3.63) is 77.5 Å². The van der Waals surface area contributed by atoms with Crippen molar-refractivity contribution in [2.45, 2.75) is 19.5 Å². The van der Waals surface area contributed by atoms with E-state index in [1.54, 1.807) is 6.07 Å². The highest BCUT2D eigenvalue weighted by Gasteiger charge is 2.18. The molecule has 7 heteroatoms. The van der Waals surface area contributed by atoms with Crippen LogP contribution >= 0.6 is 0 Å². The van der Waals surface area contributed by atoms with Crippen LogP contribution in [0.3, 0.4) is 0 Å². The molecule has 0 aliphatic carbocycles. The molecule has 2 N–H and O–H groups in total. The number of phenolic OH excluding ortho intramolecular Hbond substituents is 1. The molecule has 6 rings (SSSR count). The van der Waals surface area contributed by atoms with Gasteiger partial charge in [0.2, 0.25) is 13.6 Å². The summed E-state index contributed by atoms with van der Waals surface area (Å²) in [5.41, 5.74) is 4.54. The molecule has 0 saturated heterocycles. The summed E-state index contributed by atoms with van der Waals surface area (Å²) in [5, 5.41) is 11.0. The third-order valence-electron chi connectivity index (χ3n) is 6.13. The molecule has 3 aromatic carbocycles. The summed E-state index contributed by atoms with van der Waals surface area (Å²) < 4.78 is 22.1. The van der Waals surface area contributed by atoms with Gasteiger partial charge in [0.25, 0.3) is 0 Å².